The Hall–Kier alpha value is -0.620. The summed E-state index contributed by atoms with van der Waals surface area (Å²) < 4.78 is 15.8. The highest BCUT2D eigenvalue weighted by atomic mass is 32.2. The molecule has 0 saturated carbocycles. The van der Waals surface area contributed by atoms with Crippen LogP contribution >= 0.6 is 0 Å². The van der Waals surface area contributed by atoms with Gasteiger partial charge in [0.1, 0.15) is 4.75 Å². The number of hydrogen-bond donors (Lipinski definition) is 2. The third-order valence-corrected chi connectivity index (χ3v) is 6.31. The third kappa shape index (κ3) is 2.84. The quantitative estimate of drug-likeness (QED) is 0.822. The Balaban J connectivity index is 1.92. The second-order valence-corrected chi connectivity index (χ2v) is 9.26. The van der Waals surface area contributed by atoms with Crippen LogP contribution in [0.4, 0.5) is 0 Å². The van der Waals surface area contributed by atoms with Crippen LogP contribution in [0.2, 0.25) is 0 Å². The first-order valence-corrected chi connectivity index (χ1v) is 8.90. The molecule has 3 rings (SSSR count). The van der Waals surface area contributed by atoms with Gasteiger partial charge >= 0.3 is 0 Å². The second-order valence-electron chi connectivity index (χ2n) is 7.26. The summed E-state index contributed by atoms with van der Waals surface area (Å²) in [5.74, 6) is 0. The Kier molecular flexibility index (Phi) is 4.03. The van der Waals surface area contributed by atoms with E-state index < -0.39 is 11.4 Å². The molecule has 21 heavy (non-hydrogen) atoms. The van der Waals surface area contributed by atoms with Crippen molar-refractivity contribution < 1.29 is 4.55 Å². The van der Waals surface area contributed by atoms with Crippen LogP contribution in [0.1, 0.15) is 50.9 Å². The fraction of sp³-hybridized carbons (Fsp3) is 0.688. The zero-order chi connectivity index (χ0) is 15.1. The van der Waals surface area contributed by atoms with Crippen LogP contribution in [0.25, 0.3) is 0 Å². The lowest BCUT2D eigenvalue weighted by atomic mass is 9.74. The zero-order valence-electron chi connectivity index (χ0n) is 13.1. The lowest BCUT2D eigenvalue weighted by Crippen LogP contribution is -2.48. The minimum Gasteiger partial charge on any atom is -0.598 e. The summed E-state index contributed by atoms with van der Waals surface area (Å²) in [5, 5.41) is 3.44. The Morgan fingerprint density at radius 1 is 1.38 bits per heavy atom. The van der Waals surface area contributed by atoms with Gasteiger partial charge in [0.25, 0.3) is 0 Å². The van der Waals surface area contributed by atoms with Gasteiger partial charge in [-0.15, -0.1) is 4.72 Å². The van der Waals surface area contributed by atoms with E-state index in [1.54, 1.807) is 0 Å². The van der Waals surface area contributed by atoms with Crippen molar-refractivity contribution in [1.82, 2.24) is 15.0 Å². The van der Waals surface area contributed by atoms with Gasteiger partial charge < -0.3 is 9.87 Å². The van der Waals surface area contributed by atoms with Crippen molar-refractivity contribution in [3.63, 3.8) is 0 Å². The first-order chi connectivity index (χ1) is 9.92. The molecule has 0 bridgehead atoms. The summed E-state index contributed by atoms with van der Waals surface area (Å²) >= 11 is -1.06. The van der Waals surface area contributed by atoms with Crippen LogP contribution in [0.5, 0.6) is 0 Å². The van der Waals surface area contributed by atoms with Gasteiger partial charge in [0, 0.05) is 28.7 Å². The van der Waals surface area contributed by atoms with Crippen molar-refractivity contribution in [3.05, 3.63) is 29.6 Å². The molecule has 0 radical (unpaired) electrons. The standard InChI is InChI=1S/C16H25N3OS/c1-15(2,3)21(20)19-14-12-5-4-8-18-13(12)11-16(14)6-9-17-10-7-16/h4-5,8,14,17,19H,6-7,9-11H2,1-3H3/t14-,21?/m0/s1. The first-order valence-electron chi connectivity index (χ1n) is 7.75. The predicted octanol–water partition coefficient (Wildman–Crippen LogP) is 2.10. The third-order valence-electron chi connectivity index (χ3n) is 4.75. The number of nitrogens with zero attached hydrogens (tertiary/aromatic N) is 1. The fourth-order valence-corrected chi connectivity index (χ4v) is 4.43. The van der Waals surface area contributed by atoms with E-state index in [1.165, 1.54) is 11.3 Å². The molecule has 1 fully saturated rings. The summed E-state index contributed by atoms with van der Waals surface area (Å²) in [6.07, 6.45) is 5.10. The maximum Gasteiger partial charge on any atom is 0.136 e. The Morgan fingerprint density at radius 3 is 2.76 bits per heavy atom. The summed E-state index contributed by atoms with van der Waals surface area (Å²) in [6, 6.07) is 4.30. The molecule has 1 aliphatic carbocycles. The van der Waals surface area contributed by atoms with Gasteiger partial charge in [-0.1, -0.05) is 6.07 Å². The molecule has 0 aromatic carbocycles. The summed E-state index contributed by atoms with van der Waals surface area (Å²) in [6.45, 7) is 8.13. The average molecular weight is 307 g/mol. The van der Waals surface area contributed by atoms with E-state index in [2.05, 4.69) is 21.1 Å². The van der Waals surface area contributed by atoms with Crippen molar-refractivity contribution in [2.75, 3.05) is 13.1 Å². The number of aromatic nitrogens is 1. The van der Waals surface area contributed by atoms with Crippen molar-refractivity contribution in [1.29, 1.82) is 0 Å². The van der Waals surface area contributed by atoms with Crippen LogP contribution < -0.4 is 10.0 Å². The van der Waals surface area contributed by atoms with E-state index >= 15 is 0 Å². The topological polar surface area (TPSA) is 60.0 Å². The molecule has 2 aliphatic rings. The highest BCUT2D eigenvalue weighted by Crippen LogP contribution is 2.51. The average Bonchev–Trinajstić information content (AvgIpc) is 2.72. The minimum absolute atomic E-state index is 0.156. The SMILES string of the molecule is CC(C)(C)[S+]([O-])N[C@H]1c2cccnc2CC12CCNCC2. The minimum atomic E-state index is -1.06. The van der Waals surface area contributed by atoms with Crippen molar-refractivity contribution in [2.45, 2.75) is 50.8 Å². The smallest absolute Gasteiger partial charge is 0.136 e. The predicted molar refractivity (Wildman–Crippen MR) is 86.2 cm³/mol. The van der Waals surface area contributed by atoms with Crippen molar-refractivity contribution >= 4 is 11.4 Å². The molecule has 1 aromatic rings. The molecule has 2 N–H and O–H groups in total. The number of piperidine rings is 1. The molecule has 2 atom stereocenters. The number of fused-ring (bicyclic) bond motifs is 1. The van der Waals surface area contributed by atoms with E-state index in [0.29, 0.717) is 0 Å². The fourth-order valence-electron chi connectivity index (χ4n) is 3.49. The van der Waals surface area contributed by atoms with E-state index in [9.17, 15) is 4.55 Å². The van der Waals surface area contributed by atoms with Gasteiger partial charge in [-0.05, 0) is 64.8 Å². The normalized spacial score (nSPS) is 25.8. The van der Waals surface area contributed by atoms with Crippen LogP contribution in [0, 0.1) is 5.41 Å². The van der Waals surface area contributed by atoms with E-state index in [-0.39, 0.29) is 16.2 Å². The Morgan fingerprint density at radius 2 is 2.10 bits per heavy atom. The molecule has 1 spiro atoms. The van der Waals surface area contributed by atoms with Crippen LogP contribution in [0.15, 0.2) is 18.3 Å². The number of pyridine rings is 1. The van der Waals surface area contributed by atoms with Crippen LogP contribution in [0.3, 0.4) is 0 Å². The van der Waals surface area contributed by atoms with Crippen molar-refractivity contribution in [3.8, 4) is 0 Å². The Labute approximate surface area is 130 Å². The molecular formula is C16H25N3OS. The second kappa shape index (κ2) is 5.54. The molecule has 1 aliphatic heterocycles. The molecule has 2 heterocycles. The highest BCUT2D eigenvalue weighted by molar-refractivity contribution is 7.90. The first kappa shape index (κ1) is 15.3. The molecule has 1 aromatic heterocycles. The lowest BCUT2D eigenvalue weighted by molar-refractivity contribution is 0.163. The molecule has 116 valence electrons. The van der Waals surface area contributed by atoms with E-state index in [0.717, 1.165) is 32.4 Å². The monoisotopic (exact) mass is 307 g/mol. The Bertz CT molecular complexity index is 508. The number of nitrogens with one attached hydrogen (secondary N) is 2. The highest BCUT2D eigenvalue weighted by Gasteiger charge is 2.50. The molecule has 5 heteroatoms. The van der Waals surface area contributed by atoms with Gasteiger partial charge in [-0.2, -0.15) is 0 Å². The summed E-state index contributed by atoms with van der Waals surface area (Å²) in [5.41, 5.74) is 2.60. The lowest BCUT2D eigenvalue weighted by Gasteiger charge is -2.40. The van der Waals surface area contributed by atoms with E-state index in [1.807, 2.05) is 33.0 Å². The largest absolute Gasteiger partial charge is 0.598 e. The number of hydrogen-bond acceptors (Lipinski definition) is 4. The number of rotatable bonds is 2. The molecular weight excluding hydrogens is 282 g/mol. The summed E-state index contributed by atoms with van der Waals surface area (Å²) in [7, 11) is 0. The molecule has 1 saturated heterocycles. The van der Waals surface area contributed by atoms with Gasteiger partial charge in [-0.25, -0.2) is 0 Å². The molecule has 0 amide bonds. The maximum atomic E-state index is 12.6. The van der Waals surface area contributed by atoms with E-state index in [4.69, 9.17) is 0 Å². The summed E-state index contributed by atoms with van der Waals surface area (Å²) in [4.78, 5) is 4.57. The van der Waals surface area contributed by atoms with Crippen LogP contribution in [-0.2, 0) is 17.8 Å². The van der Waals surface area contributed by atoms with Crippen LogP contribution in [-0.4, -0.2) is 27.4 Å². The van der Waals surface area contributed by atoms with Gasteiger partial charge in [0.15, 0.2) is 0 Å². The molecule has 4 nitrogen and oxygen atoms in total. The zero-order valence-corrected chi connectivity index (χ0v) is 13.9. The van der Waals surface area contributed by atoms with Crippen molar-refractivity contribution in [2.24, 2.45) is 5.41 Å². The van der Waals surface area contributed by atoms with Gasteiger partial charge in [0.2, 0.25) is 0 Å². The molecule has 1 unspecified atom stereocenters. The van der Waals surface area contributed by atoms with Gasteiger partial charge in [-0.3, -0.25) is 4.98 Å². The maximum absolute atomic E-state index is 12.6. The van der Waals surface area contributed by atoms with Gasteiger partial charge in [0.05, 0.1) is 6.04 Å².